The third-order valence-corrected chi connectivity index (χ3v) is 15.9. The zero-order valence-electron chi connectivity index (χ0n) is 16.9. The van der Waals surface area contributed by atoms with Crippen LogP contribution in [0.5, 0.6) is 0 Å². The Kier molecular flexibility index (Phi) is 6.97. The number of hydrogen-bond donors (Lipinski definition) is 2. The van der Waals surface area contributed by atoms with Crippen molar-refractivity contribution in [2.45, 2.75) is 41.0 Å². The van der Waals surface area contributed by atoms with Gasteiger partial charge in [-0.3, -0.25) is 19.2 Å². The SMILES string of the molecule is O=C(O)C1(C(=O)OC(=O)C2(C(=O)O)CC3(Cl)C(Cl)=C(Cl)C2(Cl)C3(Cl)Cl)CC2(Cl)C(Cl)=C(Cl)C1(Cl)C2(Cl)Cl. The van der Waals surface area contributed by atoms with Crippen LogP contribution in [0.25, 0.3) is 0 Å². The van der Waals surface area contributed by atoms with Crippen LogP contribution in [0, 0.1) is 10.8 Å². The van der Waals surface area contributed by atoms with Gasteiger partial charge in [0.1, 0.15) is 19.5 Å². The van der Waals surface area contributed by atoms with Crippen LogP contribution in [-0.4, -0.2) is 62.3 Å². The molecule has 0 aromatic carbocycles. The van der Waals surface area contributed by atoms with Crippen LogP contribution in [0.3, 0.4) is 0 Å². The molecule has 7 nitrogen and oxygen atoms in total. The van der Waals surface area contributed by atoms with Crippen LogP contribution in [0.2, 0.25) is 0 Å². The second-order valence-corrected chi connectivity index (χ2v) is 15.4. The highest BCUT2D eigenvalue weighted by molar-refractivity contribution is 6.68. The minimum atomic E-state index is -3.07. The van der Waals surface area contributed by atoms with Crippen LogP contribution in [0.4, 0.5) is 0 Å². The average Bonchev–Trinajstić information content (AvgIpc) is 3.12. The molecule has 4 rings (SSSR count). The smallest absolute Gasteiger partial charge is 0.333 e. The van der Waals surface area contributed by atoms with Crippen molar-refractivity contribution in [2.75, 3.05) is 0 Å². The number of carbonyl (C=O) groups is 4. The van der Waals surface area contributed by atoms with Crippen LogP contribution in [0.1, 0.15) is 12.8 Å². The molecule has 6 unspecified atom stereocenters. The van der Waals surface area contributed by atoms with E-state index in [1.54, 1.807) is 0 Å². The summed E-state index contributed by atoms with van der Waals surface area (Å²) in [6, 6.07) is 0. The Morgan fingerprint density at radius 1 is 0.568 bits per heavy atom. The highest BCUT2D eigenvalue weighted by Gasteiger charge is 2.91. The highest BCUT2D eigenvalue weighted by Crippen LogP contribution is 2.80. The summed E-state index contributed by atoms with van der Waals surface area (Å²) in [5.74, 6) is -7.98. The van der Waals surface area contributed by atoms with E-state index in [1.165, 1.54) is 0 Å². The number of carboxylic acid groups (broad SMARTS) is 2. The Bertz CT molecular complexity index is 1200. The first-order valence-electron chi connectivity index (χ1n) is 9.35. The Morgan fingerprint density at radius 2 is 0.838 bits per heavy atom. The topological polar surface area (TPSA) is 118 Å². The van der Waals surface area contributed by atoms with Gasteiger partial charge in [0, 0.05) is 12.8 Å². The number of rotatable bonds is 4. The number of carboxylic acids is 2. The van der Waals surface area contributed by atoms with Crippen molar-refractivity contribution in [1.82, 2.24) is 0 Å². The van der Waals surface area contributed by atoms with Crippen molar-refractivity contribution in [2.24, 2.45) is 10.8 Å². The van der Waals surface area contributed by atoms with Gasteiger partial charge in [0.2, 0.25) is 0 Å². The van der Waals surface area contributed by atoms with E-state index in [-0.39, 0.29) is 0 Å². The van der Waals surface area contributed by atoms with E-state index in [1.807, 2.05) is 0 Å². The lowest BCUT2D eigenvalue weighted by Crippen LogP contribution is -2.61. The summed E-state index contributed by atoms with van der Waals surface area (Å²) in [5, 5.41) is 17.9. The maximum Gasteiger partial charge on any atom is 0.333 e. The van der Waals surface area contributed by atoms with Crippen molar-refractivity contribution in [1.29, 1.82) is 0 Å². The molecule has 6 atom stereocenters. The molecule has 0 amide bonds. The molecule has 0 radical (unpaired) electrons. The van der Waals surface area contributed by atoms with Gasteiger partial charge in [-0.1, -0.05) is 92.8 Å². The fourth-order valence-corrected chi connectivity index (χ4v) is 11.1. The van der Waals surface area contributed by atoms with Crippen molar-refractivity contribution in [3.63, 3.8) is 0 Å². The third-order valence-electron chi connectivity index (χ3n) is 7.35. The molecule has 0 aromatic heterocycles. The van der Waals surface area contributed by atoms with E-state index >= 15 is 0 Å². The maximum absolute atomic E-state index is 13.5. The minimum Gasteiger partial charge on any atom is -0.480 e. The Hall–Kier alpha value is 1.04. The first kappa shape index (κ1) is 31.0. The molecule has 0 spiro atoms. The van der Waals surface area contributed by atoms with E-state index in [0.29, 0.717) is 0 Å². The Labute approximate surface area is 267 Å². The lowest BCUT2D eigenvalue weighted by Gasteiger charge is -2.41. The van der Waals surface area contributed by atoms with Gasteiger partial charge in [-0.2, -0.15) is 0 Å². The summed E-state index contributed by atoms with van der Waals surface area (Å²) in [6.07, 6.45) is -2.05. The second-order valence-electron chi connectivity index (χ2n) is 8.78. The predicted molar refractivity (Wildman–Crippen MR) is 141 cm³/mol. The molecule has 0 aromatic rings. The Morgan fingerprint density at radius 3 is 1.03 bits per heavy atom. The molecule has 4 aliphatic rings. The molecule has 19 heteroatoms. The maximum atomic E-state index is 13.5. The fraction of sp³-hybridized carbons (Fsp3) is 0.556. The molecule has 4 aliphatic carbocycles. The number of halogens is 12. The van der Waals surface area contributed by atoms with Crippen LogP contribution < -0.4 is 0 Å². The molecule has 0 saturated heterocycles. The summed E-state index contributed by atoms with van der Waals surface area (Å²) in [7, 11) is 0. The monoisotopic (exact) mass is 754 g/mol. The standard InChI is InChI=1S/C18H6Cl12O7/c19-3-5(21)15(25)11(7(31)32,1-13(3,23)17(15,27)28)9(35)37-10(36)12(8(33)34)2-14(24)4(20)6(22)16(12,26)18(14,29)30/h1-2H2,(H,31,32)(H,33,34). The number of fused-ring (bicyclic) bond motifs is 4. The number of ether oxygens (including phenoxy) is 1. The van der Waals surface area contributed by atoms with Crippen molar-refractivity contribution >= 4 is 163 Å². The van der Waals surface area contributed by atoms with Gasteiger partial charge >= 0.3 is 23.9 Å². The Balaban J connectivity index is 1.87. The molecule has 37 heavy (non-hydrogen) atoms. The summed E-state index contributed by atoms with van der Waals surface area (Å²) in [5.41, 5.74) is -6.15. The zero-order chi connectivity index (χ0) is 28.7. The fourth-order valence-electron chi connectivity index (χ4n) is 5.31. The molecule has 0 heterocycles. The molecule has 4 bridgehead atoms. The number of alkyl halides is 8. The van der Waals surface area contributed by atoms with Gasteiger partial charge in [-0.05, 0) is 0 Å². The predicted octanol–water partition coefficient (Wildman–Crippen LogP) is 6.67. The normalized spacial score (nSPS) is 45.0. The van der Waals surface area contributed by atoms with E-state index < -0.39 is 95.8 Å². The van der Waals surface area contributed by atoms with Crippen molar-refractivity contribution in [3.05, 3.63) is 20.1 Å². The number of esters is 2. The number of aliphatic carboxylic acids is 2. The molecular formula is C18H6Cl12O7. The molecular weight excluding hydrogens is 754 g/mol. The summed E-state index contributed by atoms with van der Waals surface area (Å²) in [4.78, 5) is 42.1. The molecule has 2 fully saturated rings. The largest absolute Gasteiger partial charge is 0.480 e. The summed E-state index contributed by atoms with van der Waals surface area (Å²) < 4.78 is -0.258. The summed E-state index contributed by atoms with van der Waals surface area (Å²) >= 11 is 75.6. The quantitative estimate of drug-likeness (QED) is 0.187. The van der Waals surface area contributed by atoms with E-state index in [9.17, 15) is 29.4 Å². The lowest BCUT2D eigenvalue weighted by molar-refractivity contribution is -0.183. The minimum absolute atomic E-state index is 0.452. The summed E-state index contributed by atoms with van der Waals surface area (Å²) in [6.45, 7) is 0. The van der Waals surface area contributed by atoms with E-state index in [4.69, 9.17) is 144 Å². The second kappa shape index (κ2) is 8.32. The van der Waals surface area contributed by atoms with Gasteiger partial charge < -0.3 is 14.9 Å². The molecule has 2 N–H and O–H groups in total. The van der Waals surface area contributed by atoms with Crippen LogP contribution in [-0.2, 0) is 23.9 Å². The average molecular weight is 760 g/mol. The van der Waals surface area contributed by atoms with Gasteiger partial charge in [0.15, 0.2) is 19.5 Å². The van der Waals surface area contributed by atoms with E-state index in [2.05, 4.69) is 0 Å². The number of hydrogen-bond acceptors (Lipinski definition) is 5. The molecule has 204 valence electrons. The first-order valence-corrected chi connectivity index (χ1v) is 13.9. The number of carbonyl (C=O) groups excluding carboxylic acids is 2. The highest BCUT2D eigenvalue weighted by atomic mass is 35.5. The van der Waals surface area contributed by atoms with Crippen molar-refractivity contribution in [3.8, 4) is 0 Å². The number of allylic oxidation sites excluding steroid dienone is 4. The van der Waals surface area contributed by atoms with Gasteiger partial charge in [0.05, 0.1) is 20.1 Å². The first-order chi connectivity index (χ1) is 16.5. The van der Waals surface area contributed by atoms with Gasteiger partial charge in [0.25, 0.3) is 0 Å². The zero-order valence-corrected chi connectivity index (χ0v) is 26.0. The lowest BCUT2D eigenvalue weighted by atomic mass is 9.73. The van der Waals surface area contributed by atoms with Gasteiger partial charge in [-0.15, -0.1) is 46.4 Å². The van der Waals surface area contributed by atoms with Crippen LogP contribution in [0.15, 0.2) is 20.1 Å². The van der Waals surface area contributed by atoms with E-state index in [0.717, 1.165) is 0 Å². The molecule has 0 aliphatic heterocycles. The van der Waals surface area contributed by atoms with Crippen molar-refractivity contribution < 1.29 is 34.1 Å². The third kappa shape index (κ3) is 2.82. The molecule has 2 saturated carbocycles. The van der Waals surface area contributed by atoms with Gasteiger partial charge in [-0.25, -0.2) is 0 Å². The van der Waals surface area contributed by atoms with Crippen LogP contribution >= 0.6 is 139 Å².